The average molecular weight is 230 g/mol. The minimum atomic E-state index is 0.284. The standard InChI is InChI=1S/C12H18.C5H8/c1-5-10-6-8-11(9-7-10)12(2,3)4;1-3-5-4-2/h6-9H,5H2,1-4H3;3H2,1-2H3. The number of rotatable bonds is 1. The molecule has 0 amide bonds. The summed E-state index contributed by atoms with van der Waals surface area (Å²) < 4.78 is 0. The molecular weight excluding hydrogens is 204 g/mol. The highest BCUT2D eigenvalue weighted by molar-refractivity contribution is 5.27. The molecule has 0 atom stereocenters. The van der Waals surface area contributed by atoms with Crippen LogP contribution in [0.4, 0.5) is 0 Å². The zero-order valence-corrected chi connectivity index (χ0v) is 12.2. The zero-order valence-electron chi connectivity index (χ0n) is 12.2. The fourth-order valence-corrected chi connectivity index (χ4v) is 1.42. The van der Waals surface area contributed by atoms with Gasteiger partial charge in [-0.3, -0.25) is 0 Å². The molecule has 0 unspecified atom stereocenters. The normalized spacial score (nSPS) is 9.76. The van der Waals surface area contributed by atoms with Gasteiger partial charge < -0.3 is 0 Å². The summed E-state index contributed by atoms with van der Waals surface area (Å²) in [6.45, 7) is 12.8. The van der Waals surface area contributed by atoms with Gasteiger partial charge in [-0.15, -0.1) is 11.8 Å². The van der Waals surface area contributed by atoms with Gasteiger partial charge in [-0.2, -0.15) is 0 Å². The van der Waals surface area contributed by atoms with Crippen LogP contribution in [-0.2, 0) is 11.8 Å². The predicted molar refractivity (Wildman–Crippen MR) is 78.3 cm³/mol. The van der Waals surface area contributed by atoms with Crippen LogP contribution >= 0.6 is 0 Å². The lowest BCUT2D eigenvalue weighted by Crippen LogP contribution is -2.10. The molecule has 0 N–H and O–H groups in total. The molecule has 17 heavy (non-hydrogen) atoms. The van der Waals surface area contributed by atoms with Crippen molar-refractivity contribution in [2.45, 2.75) is 59.8 Å². The van der Waals surface area contributed by atoms with Gasteiger partial charge in [0, 0.05) is 6.42 Å². The molecule has 0 radical (unpaired) electrons. The second kappa shape index (κ2) is 7.96. The topological polar surface area (TPSA) is 0 Å². The molecule has 0 aliphatic carbocycles. The molecule has 94 valence electrons. The van der Waals surface area contributed by atoms with Crippen LogP contribution in [-0.4, -0.2) is 0 Å². The van der Waals surface area contributed by atoms with Gasteiger partial charge >= 0.3 is 0 Å². The van der Waals surface area contributed by atoms with E-state index in [2.05, 4.69) is 63.8 Å². The van der Waals surface area contributed by atoms with Crippen molar-refractivity contribution in [3.05, 3.63) is 35.4 Å². The van der Waals surface area contributed by atoms with Gasteiger partial charge in [0.15, 0.2) is 0 Å². The predicted octanol–water partition coefficient (Wildman–Crippen LogP) is 4.97. The molecule has 0 bridgehead atoms. The molecule has 0 heteroatoms. The minimum absolute atomic E-state index is 0.284. The van der Waals surface area contributed by atoms with Gasteiger partial charge in [0.05, 0.1) is 0 Å². The van der Waals surface area contributed by atoms with Gasteiger partial charge in [-0.1, -0.05) is 58.9 Å². The largest absolute Gasteiger partial charge is 0.107 e. The second-order valence-corrected chi connectivity index (χ2v) is 5.08. The zero-order chi connectivity index (χ0) is 13.3. The lowest BCUT2D eigenvalue weighted by molar-refractivity contribution is 0.590. The van der Waals surface area contributed by atoms with Gasteiger partial charge in [0.2, 0.25) is 0 Å². The average Bonchev–Trinajstić information content (AvgIpc) is 2.30. The van der Waals surface area contributed by atoms with Crippen molar-refractivity contribution < 1.29 is 0 Å². The molecule has 1 aromatic carbocycles. The summed E-state index contributed by atoms with van der Waals surface area (Å²) in [5.74, 6) is 5.63. The van der Waals surface area contributed by atoms with Crippen LogP contribution in [0, 0.1) is 11.8 Å². The van der Waals surface area contributed by atoms with Crippen LogP contribution in [0.3, 0.4) is 0 Å². The Morgan fingerprint density at radius 2 is 1.53 bits per heavy atom. The van der Waals surface area contributed by atoms with E-state index in [0.717, 1.165) is 12.8 Å². The summed E-state index contributed by atoms with van der Waals surface area (Å²) in [6, 6.07) is 8.92. The van der Waals surface area contributed by atoms with Gasteiger partial charge in [0.25, 0.3) is 0 Å². The summed E-state index contributed by atoms with van der Waals surface area (Å²) in [5.41, 5.74) is 3.12. The third kappa shape index (κ3) is 6.84. The molecule has 0 saturated heterocycles. The number of benzene rings is 1. The van der Waals surface area contributed by atoms with E-state index in [-0.39, 0.29) is 5.41 Å². The van der Waals surface area contributed by atoms with Crippen LogP contribution < -0.4 is 0 Å². The fraction of sp³-hybridized carbons (Fsp3) is 0.529. The van der Waals surface area contributed by atoms with E-state index in [1.807, 2.05) is 13.8 Å². The van der Waals surface area contributed by atoms with Crippen LogP contribution in [0.15, 0.2) is 24.3 Å². The maximum absolute atomic E-state index is 2.86. The van der Waals surface area contributed by atoms with Crippen molar-refractivity contribution in [2.24, 2.45) is 0 Å². The first kappa shape index (κ1) is 15.8. The Morgan fingerprint density at radius 1 is 1.00 bits per heavy atom. The maximum Gasteiger partial charge on any atom is 0.00601 e. The van der Waals surface area contributed by atoms with Crippen molar-refractivity contribution in [1.82, 2.24) is 0 Å². The highest BCUT2D eigenvalue weighted by Gasteiger charge is 2.12. The molecule has 0 fully saturated rings. The van der Waals surface area contributed by atoms with Crippen LogP contribution in [0.1, 0.15) is 59.1 Å². The van der Waals surface area contributed by atoms with E-state index in [4.69, 9.17) is 0 Å². The maximum atomic E-state index is 2.86. The number of hydrogen-bond acceptors (Lipinski definition) is 0. The molecule has 0 heterocycles. The molecule has 0 nitrogen and oxygen atoms in total. The third-order valence-electron chi connectivity index (χ3n) is 2.58. The van der Waals surface area contributed by atoms with Crippen molar-refractivity contribution in [1.29, 1.82) is 0 Å². The van der Waals surface area contributed by atoms with Crippen LogP contribution in [0.2, 0.25) is 0 Å². The van der Waals surface area contributed by atoms with E-state index < -0.39 is 0 Å². The van der Waals surface area contributed by atoms with Gasteiger partial charge in [0.1, 0.15) is 0 Å². The van der Waals surface area contributed by atoms with Gasteiger partial charge in [-0.05, 0) is 29.9 Å². The quantitative estimate of drug-likeness (QED) is 0.598. The Kier molecular flexibility index (Phi) is 7.39. The molecule has 1 rings (SSSR count). The lowest BCUT2D eigenvalue weighted by Gasteiger charge is -2.18. The number of aryl methyl sites for hydroxylation is 1. The Bertz CT molecular complexity index is 352. The van der Waals surface area contributed by atoms with Gasteiger partial charge in [-0.25, -0.2) is 0 Å². The Labute approximate surface area is 107 Å². The Balaban J connectivity index is 0.000000437. The molecule has 0 aliphatic heterocycles. The van der Waals surface area contributed by atoms with E-state index in [9.17, 15) is 0 Å². The molecule has 0 spiro atoms. The first-order valence-electron chi connectivity index (χ1n) is 6.44. The molecule has 1 aromatic rings. The number of hydrogen-bond donors (Lipinski definition) is 0. The first-order chi connectivity index (χ1) is 7.95. The van der Waals surface area contributed by atoms with Crippen LogP contribution in [0.25, 0.3) is 0 Å². The monoisotopic (exact) mass is 230 g/mol. The summed E-state index contributed by atoms with van der Waals surface area (Å²) in [6.07, 6.45) is 2.11. The molecule has 0 saturated carbocycles. The fourth-order valence-electron chi connectivity index (χ4n) is 1.42. The summed E-state index contributed by atoms with van der Waals surface area (Å²) in [5, 5.41) is 0. The third-order valence-corrected chi connectivity index (χ3v) is 2.58. The highest BCUT2D eigenvalue weighted by Crippen LogP contribution is 2.22. The van der Waals surface area contributed by atoms with E-state index >= 15 is 0 Å². The van der Waals surface area contributed by atoms with Crippen molar-refractivity contribution >= 4 is 0 Å². The highest BCUT2D eigenvalue weighted by atomic mass is 14.2. The minimum Gasteiger partial charge on any atom is -0.107 e. The van der Waals surface area contributed by atoms with Crippen LogP contribution in [0.5, 0.6) is 0 Å². The smallest absolute Gasteiger partial charge is 0.00601 e. The SMILES string of the molecule is CC#CCC.CCc1ccc(C(C)(C)C)cc1. The summed E-state index contributed by atoms with van der Waals surface area (Å²) in [4.78, 5) is 0. The molecular formula is C17H26. The van der Waals surface area contributed by atoms with E-state index in [1.54, 1.807) is 0 Å². The van der Waals surface area contributed by atoms with E-state index in [1.165, 1.54) is 11.1 Å². The van der Waals surface area contributed by atoms with Crippen molar-refractivity contribution in [3.63, 3.8) is 0 Å². The summed E-state index contributed by atoms with van der Waals surface area (Å²) in [7, 11) is 0. The Hall–Kier alpha value is -1.22. The lowest BCUT2D eigenvalue weighted by atomic mass is 9.86. The second-order valence-electron chi connectivity index (χ2n) is 5.08. The molecule has 0 aliphatic rings. The first-order valence-corrected chi connectivity index (χ1v) is 6.44. The van der Waals surface area contributed by atoms with Crippen molar-refractivity contribution in [3.8, 4) is 11.8 Å². The summed E-state index contributed by atoms with van der Waals surface area (Å²) >= 11 is 0. The Morgan fingerprint density at radius 3 is 1.76 bits per heavy atom. The van der Waals surface area contributed by atoms with Crippen molar-refractivity contribution in [2.75, 3.05) is 0 Å². The van der Waals surface area contributed by atoms with E-state index in [0.29, 0.717) is 0 Å². The molecule has 0 aromatic heterocycles.